The second-order valence-electron chi connectivity index (χ2n) is 22.2. The first-order valence-corrected chi connectivity index (χ1v) is 30.8. The summed E-state index contributed by atoms with van der Waals surface area (Å²) in [5, 5.41) is 0. The third-order valence-electron chi connectivity index (χ3n) is 16.1. The number of rotatable bonds is 8. The van der Waals surface area contributed by atoms with Gasteiger partial charge in [-0.25, -0.2) is 0 Å². The van der Waals surface area contributed by atoms with Crippen LogP contribution < -0.4 is 9.80 Å². The molecule has 2 nitrogen and oxygen atoms in total. The molecule has 0 spiro atoms. The number of fused-ring (bicyclic) bond motifs is 9. The van der Waals surface area contributed by atoms with Crippen molar-refractivity contribution in [3.63, 3.8) is 0 Å². The standard InChI is InChI=1S/C61H62N2Si2/c1-59(2)53-27-19-17-25-47(53)49-33-29-43(37-55(49)59)62(41-21-13-11-14-22-41)45-31-35-51-52-36-32-46(40-58(52)61(57(51)39-45,64(5,6)7)65(8,9)10)63(42-23-15-12-16-24-42)44-30-34-50-48-26-18-20-28-54(48)60(3,4)56(50)38-44/h11-40,51,57H,1-10H3. The van der Waals surface area contributed by atoms with Gasteiger partial charge in [0.1, 0.15) is 0 Å². The van der Waals surface area contributed by atoms with Gasteiger partial charge in [-0.1, -0.05) is 182 Å². The fourth-order valence-electron chi connectivity index (χ4n) is 13.6. The Hall–Kier alpha value is -5.95. The van der Waals surface area contributed by atoms with Crippen LogP contribution in [0.25, 0.3) is 22.3 Å². The predicted octanol–water partition coefficient (Wildman–Crippen LogP) is 16.8. The number of benzene rings is 7. The first kappa shape index (κ1) is 41.7. The Morgan fingerprint density at radius 2 is 0.815 bits per heavy atom. The van der Waals surface area contributed by atoms with E-state index in [0.29, 0.717) is 11.8 Å². The summed E-state index contributed by atoms with van der Waals surface area (Å²) in [5.74, 6) is 0.633. The van der Waals surface area contributed by atoms with Crippen LogP contribution in [0.1, 0.15) is 67.0 Å². The third-order valence-corrected chi connectivity index (χ3v) is 26.5. The fraction of sp³-hybridized carbons (Fsp3) is 0.246. The summed E-state index contributed by atoms with van der Waals surface area (Å²) in [4.78, 5) is 5.08. The van der Waals surface area contributed by atoms with Crippen LogP contribution in [0.3, 0.4) is 0 Å². The van der Waals surface area contributed by atoms with Crippen molar-refractivity contribution < 1.29 is 0 Å². The minimum absolute atomic E-state index is 0.0415. The van der Waals surface area contributed by atoms with Crippen LogP contribution in [0.15, 0.2) is 188 Å². The Balaban J connectivity index is 1.07. The van der Waals surface area contributed by atoms with Gasteiger partial charge in [0.25, 0.3) is 0 Å². The van der Waals surface area contributed by atoms with Crippen molar-refractivity contribution in [2.24, 2.45) is 5.92 Å². The quantitative estimate of drug-likeness (QED) is 0.140. The highest BCUT2D eigenvalue weighted by Gasteiger charge is 2.64. The van der Waals surface area contributed by atoms with Gasteiger partial charge in [0.2, 0.25) is 0 Å². The van der Waals surface area contributed by atoms with Crippen molar-refractivity contribution in [3.05, 3.63) is 221 Å². The Bertz CT molecular complexity index is 3070. The van der Waals surface area contributed by atoms with Crippen molar-refractivity contribution in [3.8, 4) is 22.3 Å². The molecule has 0 fully saturated rings. The monoisotopic (exact) mass is 878 g/mol. The van der Waals surface area contributed by atoms with E-state index in [1.807, 2.05) is 0 Å². The number of hydrogen-bond donors (Lipinski definition) is 0. The van der Waals surface area contributed by atoms with Crippen LogP contribution in [-0.2, 0) is 15.5 Å². The molecule has 0 saturated heterocycles. The minimum Gasteiger partial charge on any atom is -0.311 e. The molecule has 0 amide bonds. The Kier molecular flexibility index (Phi) is 9.33. The number of hydrogen-bond acceptors (Lipinski definition) is 2. The molecule has 0 saturated carbocycles. The van der Waals surface area contributed by atoms with Gasteiger partial charge in [-0.15, -0.1) is 0 Å². The van der Waals surface area contributed by atoms with Crippen LogP contribution in [0.4, 0.5) is 28.4 Å². The molecule has 7 aromatic rings. The summed E-state index contributed by atoms with van der Waals surface area (Å²) in [6, 6.07) is 62.1. The van der Waals surface area contributed by atoms with E-state index in [9.17, 15) is 0 Å². The Labute approximate surface area is 390 Å². The average molecular weight is 879 g/mol. The third kappa shape index (κ3) is 6.02. The minimum atomic E-state index is -2.00. The van der Waals surface area contributed by atoms with E-state index in [1.54, 1.807) is 5.56 Å². The van der Waals surface area contributed by atoms with Gasteiger partial charge in [-0.2, -0.15) is 0 Å². The lowest BCUT2D eigenvalue weighted by molar-refractivity contribution is 0.534. The number of anilines is 5. The fourth-order valence-corrected chi connectivity index (χ4v) is 27.2. The van der Waals surface area contributed by atoms with E-state index in [4.69, 9.17) is 0 Å². The molecule has 0 aliphatic heterocycles. The molecule has 11 rings (SSSR count). The molecular weight excluding hydrogens is 817 g/mol. The van der Waals surface area contributed by atoms with E-state index in [2.05, 4.69) is 259 Å². The summed E-state index contributed by atoms with van der Waals surface area (Å²) in [6.07, 6.45) is 7.76. The molecule has 0 heterocycles. The Morgan fingerprint density at radius 1 is 0.400 bits per heavy atom. The highest BCUT2D eigenvalue weighted by molar-refractivity contribution is 6.98. The van der Waals surface area contributed by atoms with Gasteiger partial charge in [0.05, 0.1) is 16.1 Å². The van der Waals surface area contributed by atoms with Crippen molar-refractivity contribution in [2.45, 2.75) is 88.4 Å². The van der Waals surface area contributed by atoms with Crippen LogP contribution in [0.2, 0.25) is 39.3 Å². The molecule has 324 valence electrons. The highest BCUT2D eigenvalue weighted by atomic mass is 28.4. The largest absolute Gasteiger partial charge is 0.311 e. The number of allylic oxidation sites excluding steroid dienone is 3. The van der Waals surface area contributed by atoms with Gasteiger partial charge >= 0.3 is 0 Å². The zero-order valence-corrected chi connectivity index (χ0v) is 41.9. The van der Waals surface area contributed by atoms with Crippen molar-refractivity contribution in [2.75, 3.05) is 9.80 Å². The first-order chi connectivity index (χ1) is 31.0. The molecule has 0 radical (unpaired) electrons. The predicted molar refractivity (Wildman–Crippen MR) is 283 cm³/mol. The maximum Gasteiger partial charge on any atom is 0.0535 e. The average Bonchev–Trinajstić information content (AvgIpc) is 3.82. The van der Waals surface area contributed by atoms with Crippen LogP contribution in [0.5, 0.6) is 0 Å². The highest BCUT2D eigenvalue weighted by Crippen LogP contribution is 2.63. The molecule has 4 aliphatic rings. The molecular formula is C61H62N2Si2. The zero-order chi connectivity index (χ0) is 45.3. The molecule has 4 heteroatoms. The molecule has 65 heavy (non-hydrogen) atoms. The van der Waals surface area contributed by atoms with Gasteiger partial charge in [0, 0.05) is 50.9 Å². The van der Waals surface area contributed by atoms with Crippen LogP contribution in [-0.4, -0.2) is 16.1 Å². The van der Waals surface area contributed by atoms with E-state index >= 15 is 0 Å². The van der Waals surface area contributed by atoms with E-state index in [-0.39, 0.29) is 15.5 Å². The summed E-state index contributed by atoms with van der Waals surface area (Å²) < 4.78 is 0.0415. The molecule has 0 aromatic heterocycles. The number of nitrogens with zero attached hydrogens (tertiary/aromatic N) is 2. The lowest BCUT2D eigenvalue weighted by Gasteiger charge is -2.55. The zero-order valence-electron chi connectivity index (χ0n) is 39.9. The topological polar surface area (TPSA) is 6.48 Å². The molecule has 7 aromatic carbocycles. The summed E-state index contributed by atoms with van der Waals surface area (Å²) in [7, 11) is -4.00. The van der Waals surface area contributed by atoms with Gasteiger partial charge in [0.15, 0.2) is 0 Å². The van der Waals surface area contributed by atoms with Crippen LogP contribution >= 0.6 is 0 Å². The first-order valence-electron chi connectivity index (χ1n) is 23.8. The molecule has 2 unspecified atom stereocenters. The van der Waals surface area contributed by atoms with Gasteiger partial charge in [-0.05, 0) is 133 Å². The van der Waals surface area contributed by atoms with Crippen molar-refractivity contribution in [1.82, 2.24) is 0 Å². The number of para-hydroxylation sites is 2. The molecule has 0 bridgehead atoms. The summed E-state index contributed by atoms with van der Waals surface area (Å²) in [5.41, 5.74) is 21.3. The van der Waals surface area contributed by atoms with E-state index in [1.165, 1.54) is 84.2 Å². The van der Waals surface area contributed by atoms with E-state index < -0.39 is 16.1 Å². The smallest absolute Gasteiger partial charge is 0.0535 e. The van der Waals surface area contributed by atoms with Crippen molar-refractivity contribution in [1.29, 1.82) is 0 Å². The maximum atomic E-state index is 2.73. The van der Waals surface area contributed by atoms with Crippen LogP contribution in [0, 0.1) is 5.92 Å². The van der Waals surface area contributed by atoms with Crippen molar-refractivity contribution >= 4 is 44.6 Å². The molecule has 4 aliphatic carbocycles. The van der Waals surface area contributed by atoms with Gasteiger partial charge < -0.3 is 9.80 Å². The van der Waals surface area contributed by atoms with Gasteiger partial charge in [-0.3, -0.25) is 0 Å². The second kappa shape index (κ2) is 14.5. The Morgan fingerprint density at radius 3 is 1.32 bits per heavy atom. The second-order valence-corrected chi connectivity index (χ2v) is 33.3. The van der Waals surface area contributed by atoms with E-state index in [0.717, 1.165) is 0 Å². The summed E-state index contributed by atoms with van der Waals surface area (Å²) in [6.45, 7) is 25.6. The maximum absolute atomic E-state index is 2.73. The SMILES string of the molecule is CC1(C)c2ccccc2-c2ccc(N(C3=CC4C(C=C3)c3ccc(N(c5ccccc5)c5ccc6c(c5)C(C)(C)c5ccccc5-6)cc3C4([Si](C)(C)C)[Si](C)(C)C)c3ccccc3)cc21. The lowest BCUT2D eigenvalue weighted by atomic mass is 9.82. The normalized spacial score (nSPS) is 19.0. The summed E-state index contributed by atoms with van der Waals surface area (Å²) >= 11 is 0. The molecule has 2 atom stereocenters. The lowest BCUT2D eigenvalue weighted by Crippen LogP contribution is -2.66. The molecule has 0 N–H and O–H groups in total.